The minimum absolute atomic E-state index is 0.0394. The predicted molar refractivity (Wildman–Crippen MR) is 56.0 cm³/mol. The number of ether oxygens (including phenoxy) is 1. The number of hydrogen-bond donors (Lipinski definition) is 0. The molecule has 2 heteroatoms. The Balaban J connectivity index is 2.90. The Hall–Kier alpha value is -1.05. The Labute approximate surface area is 84.9 Å². The number of hydrogen-bond acceptors (Lipinski definition) is 1. The van der Waals surface area contributed by atoms with Gasteiger partial charge in [0.05, 0.1) is 6.61 Å². The fraction of sp³-hybridized carbons (Fsp3) is 0.417. The summed E-state index contributed by atoms with van der Waals surface area (Å²) in [6.07, 6.45) is 0.947. The molecule has 77 valence electrons. The molecule has 0 aliphatic rings. The quantitative estimate of drug-likeness (QED) is 0.713. The number of benzene rings is 1. The van der Waals surface area contributed by atoms with Crippen LogP contribution in [0.5, 0.6) is 5.75 Å². The summed E-state index contributed by atoms with van der Waals surface area (Å²) in [5, 5.41) is 0. The maximum atomic E-state index is 12.9. The van der Waals surface area contributed by atoms with Crippen LogP contribution >= 0.6 is 0 Å². The molecule has 0 saturated heterocycles. The van der Waals surface area contributed by atoms with E-state index in [1.807, 2.05) is 13.8 Å². The third kappa shape index (κ3) is 2.72. The van der Waals surface area contributed by atoms with E-state index >= 15 is 0 Å². The summed E-state index contributed by atoms with van der Waals surface area (Å²) >= 11 is 0. The summed E-state index contributed by atoms with van der Waals surface area (Å²) < 4.78 is 18.4. The molecule has 1 atom stereocenters. The van der Waals surface area contributed by atoms with Crippen LogP contribution in [-0.4, -0.2) is 6.61 Å². The molecule has 1 aromatic carbocycles. The molecule has 0 fully saturated rings. The minimum atomic E-state index is -0.237. The van der Waals surface area contributed by atoms with Crippen LogP contribution in [0.25, 0.3) is 0 Å². The Morgan fingerprint density at radius 3 is 2.79 bits per heavy atom. The number of halogens is 1. The van der Waals surface area contributed by atoms with E-state index in [9.17, 15) is 4.39 Å². The summed E-state index contributed by atoms with van der Waals surface area (Å²) in [5.41, 5.74) is 0.832. The van der Waals surface area contributed by atoms with E-state index < -0.39 is 0 Å². The lowest BCUT2D eigenvalue weighted by molar-refractivity contribution is 0.313. The molecule has 0 amide bonds. The highest BCUT2D eigenvalue weighted by Gasteiger charge is 2.08. The summed E-state index contributed by atoms with van der Waals surface area (Å²) in [4.78, 5) is 0. The lowest BCUT2D eigenvalue weighted by Crippen LogP contribution is -2.00. The fourth-order valence-corrected chi connectivity index (χ4v) is 1.25. The van der Waals surface area contributed by atoms with Gasteiger partial charge in [-0.1, -0.05) is 13.8 Å². The van der Waals surface area contributed by atoms with E-state index in [-0.39, 0.29) is 11.7 Å². The van der Waals surface area contributed by atoms with Gasteiger partial charge in [-0.3, -0.25) is 0 Å². The first kappa shape index (κ1) is 11.0. The predicted octanol–water partition coefficient (Wildman–Crippen LogP) is 3.55. The summed E-state index contributed by atoms with van der Waals surface area (Å²) in [6, 6.07) is 4.57. The van der Waals surface area contributed by atoms with Crippen molar-refractivity contribution < 1.29 is 9.13 Å². The second kappa shape index (κ2) is 4.99. The molecule has 1 nitrogen and oxygen atoms in total. The van der Waals surface area contributed by atoms with Crippen LogP contribution < -0.4 is 4.74 Å². The molecular formula is C12H16FO. The zero-order valence-corrected chi connectivity index (χ0v) is 8.72. The molecule has 0 aliphatic carbocycles. The van der Waals surface area contributed by atoms with Gasteiger partial charge in [0, 0.05) is 0 Å². The van der Waals surface area contributed by atoms with Crippen LogP contribution in [0.15, 0.2) is 18.2 Å². The van der Waals surface area contributed by atoms with Crippen molar-refractivity contribution in [1.29, 1.82) is 0 Å². The zero-order chi connectivity index (χ0) is 10.6. The van der Waals surface area contributed by atoms with Gasteiger partial charge < -0.3 is 4.74 Å². The standard InChI is InChI=1S/C12H16FO/c1-4-7-14-12-6-5-10(13)8-11(12)9(2)3/h5-6,8-9H,2,4,7H2,1,3H3. The van der Waals surface area contributed by atoms with Gasteiger partial charge in [0.25, 0.3) is 0 Å². The van der Waals surface area contributed by atoms with Crippen molar-refractivity contribution >= 4 is 0 Å². The van der Waals surface area contributed by atoms with Gasteiger partial charge in [-0.15, -0.1) is 0 Å². The first-order valence-corrected chi connectivity index (χ1v) is 4.90. The highest BCUT2D eigenvalue weighted by molar-refractivity contribution is 5.37. The summed E-state index contributed by atoms with van der Waals surface area (Å²) in [5.74, 6) is 0.549. The van der Waals surface area contributed by atoms with E-state index in [4.69, 9.17) is 4.74 Å². The highest BCUT2D eigenvalue weighted by atomic mass is 19.1. The average Bonchev–Trinajstić information content (AvgIpc) is 2.15. The van der Waals surface area contributed by atoms with Crippen molar-refractivity contribution in [2.45, 2.75) is 26.2 Å². The third-order valence-electron chi connectivity index (χ3n) is 1.96. The van der Waals surface area contributed by atoms with Gasteiger partial charge in [0.1, 0.15) is 11.6 Å². The normalized spacial score (nSPS) is 10.6. The number of rotatable bonds is 4. The van der Waals surface area contributed by atoms with Crippen LogP contribution in [0.1, 0.15) is 31.7 Å². The molecule has 14 heavy (non-hydrogen) atoms. The second-order valence-electron chi connectivity index (χ2n) is 3.43. The first-order valence-electron chi connectivity index (χ1n) is 4.90. The summed E-state index contributed by atoms with van der Waals surface area (Å²) in [7, 11) is 0. The average molecular weight is 195 g/mol. The van der Waals surface area contributed by atoms with E-state index in [1.54, 1.807) is 6.07 Å². The van der Waals surface area contributed by atoms with Crippen LogP contribution in [0.4, 0.5) is 4.39 Å². The largest absolute Gasteiger partial charge is 0.493 e. The van der Waals surface area contributed by atoms with Crippen molar-refractivity contribution in [3.63, 3.8) is 0 Å². The molecule has 1 radical (unpaired) electrons. The molecule has 0 aromatic heterocycles. The smallest absolute Gasteiger partial charge is 0.123 e. The van der Waals surface area contributed by atoms with E-state index in [0.29, 0.717) is 6.61 Å². The molecular weight excluding hydrogens is 179 g/mol. The molecule has 0 N–H and O–H groups in total. The van der Waals surface area contributed by atoms with Gasteiger partial charge in [-0.05, 0) is 43.0 Å². The molecule has 0 bridgehead atoms. The Kier molecular flexibility index (Phi) is 3.93. The van der Waals surface area contributed by atoms with Crippen molar-refractivity contribution in [3.8, 4) is 5.75 Å². The van der Waals surface area contributed by atoms with Gasteiger partial charge in [0.15, 0.2) is 0 Å². The SMILES string of the molecule is [CH2]C(C)c1cc(F)ccc1OCCC. The zero-order valence-electron chi connectivity index (χ0n) is 8.72. The van der Waals surface area contributed by atoms with E-state index in [2.05, 4.69) is 6.92 Å². The topological polar surface area (TPSA) is 9.23 Å². The molecule has 0 spiro atoms. The van der Waals surface area contributed by atoms with Crippen molar-refractivity contribution in [2.24, 2.45) is 0 Å². The third-order valence-corrected chi connectivity index (χ3v) is 1.96. The van der Waals surface area contributed by atoms with Gasteiger partial charge in [-0.25, -0.2) is 4.39 Å². The molecule has 1 aromatic rings. The van der Waals surface area contributed by atoms with Crippen LogP contribution in [-0.2, 0) is 0 Å². The van der Waals surface area contributed by atoms with Crippen molar-refractivity contribution in [3.05, 3.63) is 36.5 Å². The van der Waals surface area contributed by atoms with Gasteiger partial charge >= 0.3 is 0 Å². The van der Waals surface area contributed by atoms with Crippen LogP contribution in [0, 0.1) is 12.7 Å². The van der Waals surface area contributed by atoms with E-state index in [0.717, 1.165) is 17.7 Å². The molecule has 0 aliphatic heterocycles. The Morgan fingerprint density at radius 2 is 2.21 bits per heavy atom. The lowest BCUT2D eigenvalue weighted by atomic mass is 10.0. The molecule has 1 rings (SSSR count). The maximum absolute atomic E-state index is 12.9. The Bertz CT molecular complexity index is 294. The van der Waals surface area contributed by atoms with Gasteiger partial charge in [-0.2, -0.15) is 0 Å². The summed E-state index contributed by atoms with van der Waals surface area (Å²) in [6.45, 7) is 8.49. The highest BCUT2D eigenvalue weighted by Crippen LogP contribution is 2.26. The lowest BCUT2D eigenvalue weighted by Gasteiger charge is -2.13. The van der Waals surface area contributed by atoms with Crippen LogP contribution in [0.3, 0.4) is 0 Å². The fourth-order valence-electron chi connectivity index (χ4n) is 1.25. The first-order chi connectivity index (χ1) is 6.65. The minimum Gasteiger partial charge on any atom is -0.493 e. The monoisotopic (exact) mass is 195 g/mol. The Morgan fingerprint density at radius 1 is 1.50 bits per heavy atom. The molecule has 1 unspecified atom stereocenters. The van der Waals surface area contributed by atoms with Crippen molar-refractivity contribution in [2.75, 3.05) is 6.61 Å². The van der Waals surface area contributed by atoms with E-state index in [1.165, 1.54) is 12.1 Å². The molecule has 0 saturated carbocycles. The van der Waals surface area contributed by atoms with Crippen LogP contribution in [0.2, 0.25) is 0 Å². The van der Waals surface area contributed by atoms with Crippen molar-refractivity contribution in [1.82, 2.24) is 0 Å². The second-order valence-corrected chi connectivity index (χ2v) is 3.43. The molecule has 0 heterocycles. The maximum Gasteiger partial charge on any atom is 0.123 e. The van der Waals surface area contributed by atoms with Gasteiger partial charge in [0.2, 0.25) is 0 Å².